The highest BCUT2D eigenvalue weighted by molar-refractivity contribution is 6.33. The van der Waals surface area contributed by atoms with Gasteiger partial charge < -0.3 is 9.47 Å². The Labute approximate surface area is 145 Å². The number of pyridine rings is 1. The Morgan fingerprint density at radius 1 is 1.25 bits per heavy atom. The molecule has 6 heteroatoms. The molecule has 0 atom stereocenters. The summed E-state index contributed by atoms with van der Waals surface area (Å²) in [7, 11) is 1.90. The predicted molar refractivity (Wildman–Crippen MR) is 93.8 cm³/mol. The molecule has 2 aromatic heterocycles. The molecule has 1 aromatic carbocycles. The van der Waals surface area contributed by atoms with Crippen LogP contribution in [0.15, 0.2) is 55.0 Å². The van der Waals surface area contributed by atoms with E-state index in [2.05, 4.69) is 26.7 Å². The molecule has 0 saturated carbocycles. The fraction of sp³-hybridized carbons (Fsp3) is 0.167. The molecule has 0 N–H and O–H groups in total. The van der Waals surface area contributed by atoms with Crippen molar-refractivity contribution in [2.24, 2.45) is 0 Å². The Kier molecular flexibility index (Phi) is 4.78. The summed E-state index contributed by atoms with van der Waals surface area (Å²) in [6.07, 6.45) is 5.28. The summed E-state index contributed by atoms with van der Waals surface area (Å²) < 4.78 is 2.10. The van der Waals surface area contributed by atoms with Gasteiger partial charge in [-0.1, -0.05) is 41.9 Å². The van der Waals surface area contributed by atoms with Gasteiger partial charge in [0.15, 0.2) is 0 Å². The van der Waals surface area contributed by atoms with Crippen LogP contribution in [0.25, 0.3) is 0 Å². The number of nitriles is 1. The number of imidazole rings is 1. The van der Waals surface area contributed by atoms with E-state index in [4.69, 9.17) is 16.9 Å². The van der Waals surface area contributed by atoms with Gasteiger partial charge >= 0.3 is 0 Å². The van der Waals surface area contributed by atoms with Crippen LogP contribution in [-0.2, 0) is 13.1 Å². The van der Waals surface area contributed by atoms with E-state index in [0.717, 1.165) is 12.4 Å². The van der Waals surface area contributed by atoms with Gasteiger partial charge in [-0.2, -0.15) is 5.26 Å². The van der Waals surface area contributed by atoms with Crippen LogP contribution in [0.2, 0.25) is 5.02 Å². The smallest absolute Gasteiger partial charge is 0.147 e. The molecule has 0 amide bonds. The fourth-order valence-electron chi connectivity index (χ4n) is 2.48. The Hall–Kier alpha value is -2.84. The summed E-state index contributed by atoms with van der Waals surface area (Å²) in [6, 6.07) is 13.9. The summed E-state index contributed by atoms with van der Waals surface area (Å²) >= 11 is 6.23. The lowest BCUT2D eigenvalue weighted by Crippen LogP contribution is -2.21. The molecular formula is C18H16ClN5. The first-order chi connectivity index (χ1) is 11.7. The molecule has 0 aliphatic heterocycles. The van der Waals surface area contributed by atoms with E-state index < -0.39 is 0 Å². The van der Waals surface area contributed by atoms with Crippen molar-refractivity contribution in [3.05, 3.63) is 77.0 Å². The van der Waals surface area contributed by atoms with Crippen LogP contribution in [0.3, 0.4) is 0 Å². The van der Waals surface area contributed by atoms with E-state index in [9.17, 15) is 0 Å². The van der Waals surface area contributed by atoms with E-state index in [-0.39, 0.29) is 0 Å². The van der Waals surface area contributed by atoms with Crippen molar-refractivity contribution >= 4 is 17.4 Å². The van der Waals surface area contributed by atoms with Gasteiger partial charge in [-0.25, -0.2) is 9.97 Å². The molecule has 0 aliphatic rings. The highest BCUT2D eigenvalue weighted by Crippen LogP contribution is 2.24. The summed E-state index contributed by atoms with van der Waals surface area (Å²) in [5, 5.41) is 9.36. The number of hydrogen-bond acceptors (Lipinski definition) is 4. The average Bonchev–Trinajstić information content (AvgIpc) is 3.02. The first-order valence-electron chi connectivity index (χ1n) is 7.48. The zero-order chi connectivity index (χ0) is 16.9. The molecule has 0 aliphatic carbocycles. The molecule has 0 radical (unpaired) electrons. The Bertz CT molecular complexity index is 867. The number of rotatable bonds is 5. The number of nitrogens with zero attached hydrogens (tertiary/aromatic N) is 5. The Morgan fingerprint density at radius 2 is 2.04 bits per heavy atom. The van der Waals surface area contributed by atoms with Gasteiger partial charge in [-0.05, 0) is 11.6 Å². The predicted octanol–water partition coefficient (Wildman–Crippen LogP) is 3.49. The maximum absolute atomic E-state index is 8.90. The molecular weight excluding hydrogens is 322 g/mol. The van der Waals surface area contributed by atoms with E-state index >= 15 is 0 Å². The number of benzene rings is 1. The highest BCUT2D eigenvalue weighted by Gasteiger charge is 2.12. The Balaban J connectivity index is 1.77. The maximum atomic E-state index is 8.90. The normalized spacial score (nSPS) is 10.4. The molecule has 0 saturated heterocycles. The first-order valence-corrected chi connectivity index (χ1v) is 7.86. The molecule has 0 bridgehead atoms. The van der Waals surface area contributed by atoms with Crippen molar-refractivity contribution in [1.82, 2.24) is 14.5 Å². The van der Waals surface area contributed by atoms with Gasteiger partial charge in [0.1, 0.15) is 17.7 Å². The number of aromatic nitrogens is 3. The topological polar surface area (TPSA) is 57.7 Å². The van der Waals surface area contributed by atoms with Crippen LogP contribution in [0, 0.1) is 11.3 Å². The van der Waals surface area contributed by atoms with Crippen LogP contribution in [-0.4, -0.2) is 21.6 Å². The van der Waals surface area contributed by atoms with Gasteiger partial charge in [-0.3, -0.25) is 0 Å². The van der Waals surface area contributed by atoms with Gasteiger partial charge in [0, 0.05) is 32.2 Å². The summed E-state index contributed by atoms with van der Waals surface area (Å²) in [5.41, 5.74) is 1.66. The second-order valence-electron chi connectivity index (χ2n) is 5.45. The van der Waals surface area contributed by atoms with E-state index in [1.165, 1.54) is 11.8 Å². The zero-order valence-electron chi connectivity index (χ0n) is 13.2. The zero-order valence-corrected chi connectivity index (χ0v) is 14.0. The molecule has 24 heavy (non-hydrogen) atoms. The highest BCUT2D eigenvalue weighted by atomic mass is 35.5. The third kappa shape index (κ3) is 3.55. The third-order valence-corrected chi connectivity index (χ3v) is 3.97. The number of halogens is 1. The van der Waals surface area contributed by atoms with E-state index in [1.54, 1.807) is 12.3 Å². The van der Waals surface area contributed by atoms with Crippen LogP contribution < -0.4 is 4.90 Å². The van der Waals surface area contributed by atoms with E-state index in [0.29, 0.717) is 22.9 Å². The monoisotopic (exact) mass is 337 g/mol. The van der Waals surface area contributed by atoms with Gasteiger partial charge in [-0.15, -0.1) is 0 Å². The first kappa shape index (κ1) is 16.0. The standard InChI is InChI=1S/C18H16ClN5/c1-23(18-16(19)9-15(10-20)11-22-18)13-17-21-7-8-24(17)12-14-5-3-2-4-6-14/h2-9,11H,12-13H2,1H3. The summed E-state index contributed by atoms with van der Waals surface area (Å²) in [5.74, 6) is 1.55. The lowest BCUT2D eigenvalue weighted by atomic mass is 10.2. The number of hydrogen-bond donors (Lipinski definition) is 0. The number of anilines is 1. The van der Waals surface area contributed by atoms with Crippen molar-refractivity contribution in [1.29, 1.82) is 5.26 Å². The Morgan fingerprint density at radius 3 is 2.75 bits per heavy atom. The SMILES string of the molecule is CN(Cc1nccn1Cc1ccccc1)c1ncc(C#N)cc1Cl. The lowest BCUT2D eigenvalue weighted by molar-refractivity contribution is 0.704. The van der Waals surface area contributed by atoms with Gasteiger partial charge in [0.2, 0.25) is 0 Å². The lowest BCUT2D eigenvalue weighted by Gasteiger charge is -2.19. The molecule has 2 heterocycles. The molecule has 3 aromatic rings. The molecule has 0 spiro atoms. The molecule has 0 fully saturated rings. The minimum absolute atomic E-state index is 0.447. The summed E-state index contributed by atoms with van der Waals surface area (Å²) in [6.45, 7) is 1.33. The molecule has 3 rings (SSSR count). The van der Waals surface area contributed by atoms with Crippen molar-refractivity contribution < 1.29 is 0 Å². The quantitative estimate of drug-likeness (QED) is 0.715. The summed E-state index contributed by atoms with van der Waals surface area (Å²) in [4.78, 5) is 10.6. The molecule has 5 nitrogen and oxygen atoms in total. The van der Waals surface area contributed by atoms with Crippen molar-refractivity contribution in [2.45, 2.75) is 13.1 Å². The van der Waals surface area contributed by atoms with Crippen LogP contribution in [0.4, 0.5) is 5.82 Å². The van der Waals surface area contributed by atoms with Gasteiger partial charge in [0.05, 0.1) is 17.1 Å². The maximum Gasteiger partial charge on any atom is 0.147 e. The van der Waals surface area contributed by atoms with Crippen LogP contribution in [0.1, 0.15) is 17.0 Å². The minimum atomic E-state index is 0.447. The fourth-order valence-corrected chi connectivity index (χ4v) is 2.79. The minimum Gasteiger partial charge on any atom is -0.351 e. The van der Waals surface area contributed by atoms with Gasteiger partial charge in [0.25, 0.3) is 0 Å². The van der Waals surface area contributed by atoms with Crippen molar-refractivity contribution in [2.75, 3.05) is 11.9 Å². The second kappa shape index (κ2) is 7.16. The largest absolute Gasteiger partial charge is 0.351 e. The molecule has 120 valence electrons. The average molecular weight is 338 g/mol. The third-order valence-electron chi connectivity index (χ3n) is 3.69. The van der Waals surface area contributed by atoms with Crippen LogP contribution >= 0.6 is 11.6 Å². The molecule has 0 unspecified atom stereocenters. The van der Waals surface area contributed by atoms with Crippen LogP contribution in [0.5, 0.6) is 0 Å². The van der Waals surface area contributed by atoms with E-state index in [1.807, 2.05) is 42.4 Å². The van der Waals surface area contributed by atoms with Crippen molar-refractivity contribution in [3.8, 4) is 6.07 Å². The van der Waals surface area contributed by atoms with Crippen molar-refractivity contribution in [3.63, 3.8) is 0 Å². The second-order valence-corrected chi connectivity index (χ2v) is 5.86.